The van der Waals surface area contributed by atoms with Crippen LogP contribution in [-0.4, -0.2) is 44.0 Å². The lowest BCUT2D eigenvalue weighted by molar-refractivity contribution is 0.0730. The van der Waals surface area contributed by atoms with Gasteiger partial charge in [-0.3, -0.25) is 0 Å². The van der Waals surface area contributed by atoms with Gasteiger partial charge in [0.1, 0.15) is 4.90 Å². The molecule has 2 aromatic rings. The van der Waals surface area contributed by atoms with Crippen LogP contribution >= 0.6 is 11.8 Å². The summed E-state index contributed by atoms with van der Waals surface area (Å²) in [6, 6.07) is 12.8. The van der Waals surface area contributed by atoms with Gasteiger partial charge in [0.2, 0.25) is 10.0 Å². The zero-order valence-electron chi connectivity index (χ0n) is 13.5. The first-order valence-corrected chi connectivity index (χ1v) is 10.2. The summed E-state index contributed by atoms with van der Waals surface area (Å²) in [6.45, 7) is 1.59. The molecule has 0 spiro atoms. The fraction of sp³-hybridized carbons (Fsp3) is 0.294. The largest absolute Gasteiger partial charge is 0.379 e. The minimum atomic E-state index is -3.50. The van der Waals surface area contributed by atoms with Gasteiger partial charge in [0, 0.05) is 25.0 Å². The SMILES string of the molecule is N#Cc1ccc(CSc2ccc(S(=O)(=O)N3CCOCC3)cn2)cc1. The van der Waals surface area contributed by atoms with Crippen LogP contribution < -0.4 is 0 Å². The number of rotatable bonds is 5. The molecule has 0 aliphatic carbocycles. The Morgan fingerprint density at radius 2 is 1.88 bits per heavy atom. The zero-order chi connectivity index (χ0) is 17.7. The lowest BCUT2D eigenvalue weighted by Crippen LogP contribution is -2.40. The summed E-state index contributed by atoms with van der Waals surface area (Å²) >= 11 is 1.52. The molecule has 0 radical (unpaired) electrons. The third-order valence-electron chi connectivity index (χ3n) is 3.79. The van der Waals surface area contributed by atoms with Crippen molar-refractivity contribution in [3.05, 3.63) is 53.7 Å². The van der Waals surface area contributed by atoms with Crippen LogP contribution in [-0.2, 0) is 20.5 Å². The van der Waals surface area contributed by atoms with Crippen LogP contribution in [0.4, 0.5) is 0 Å². The van der Waals surface area contributed by atoms with Gasteiger partial charge in [0.05, 0.1) is 29.9 Å². The predicted octanol–water partition coefficient (Wildman–Crippen LogP) is 2.27. The highest BCUT2D eigenvalue weighted by molar-refractivity contribution is 7.98. The van der Waals surface area contributed by atoms with Crippen molar-refractivity contribution in [1.82, 2.24) is 9.29 Å². The highest BCUT2D eigenvalue weighted by atomic mass is 32.2. The first kappa shape index (κ1) is 17.9. The second kappa shape index (κ2) is 7.97. The van der Waals surface area contributed by atoms with Crippen LogP contribution in [0.5, 0.6) is 0 Å². The van der Waals surface area contributed by atoms with Crippen LogP contribution in [0.1, 0.15) is 11.1 Å². The standard InChI is InChI=1S/C17H17N3O3S2/c18-11-14-1-3-15(4-2-14)13-24-17-6-5-16(12-19-17)25(21,22)20-7-9-23-10-8-20/h1-6,12H,7-10,13H2. The van der Waals surface area contributed by atoms with E-state index >= 15 is 0 Å². The van der Waals surface area contributed by atoms with Crippen LogP contribution in [0.2, 0.25) is 0 Å². The molecule has 25 heavy (non-hydrogen) atoms. The topological polar surface area (TPSA) is 83.3 Å². The van der Waals surface area contributed by atoms with Crippen molar-refractivity contribution in [2.45, 2.75) is 15.7 Å². The summed E-state index contributed by atoms with van der Waals surface area (Å²) in [6.07, 6.45) is 1.41. The third kappa shape index (κ3) is 4.38. The third-order valence-corrected chi connectivity index (χ3v) is 6.68. The molecular formula is C17H17N3O3S2. The average molecular weight is 375 g/mol. The number of hydrogen-bond acceptors (Lipinski definition) is 6. The molecule has 0 atom stereocenters. The molecule has 3 rings (SSSR count). The molecule has 0 unspecified atom stereocenters. The molecule has 6 nitrogen and oxygen atoms in total. The van der Waals surface area contributed by atoms with Gasteiger partial charge >= 0.3 is 0 Å². The van der Waals surface area contributed by atoms with Gasteiger partial charge in [0.15, 0.2) is 0 Å². The van der Waals surface area contributed by atoms with Crippen LogP contribution in [0.15, 0.2) is 52.5 Å². The second-order valence-electron chi connectivity index (χ2n) is 5.45. The number of ether oxygens (including phenoxy) is 1. The number of thioether (sulfide) groups is 1. The number of pyridine rings is 1. The van der Waals surface area contributed by atoms with Crippen molar-refractivity contribution >= 4 is 21.8 Å². The number of nitriles is 1. The molecular weight excluding hydrogens is 358 g/mol. The maximum absolute atomic E-state index is 12.5. The Balaban J connectivity index is 1.64. The number of aromatic nitrogens is 1. The van der Waals surface area contributed by atoms with Crippen molar-refractivity contribution in [2.75, 3.05) is 26.3 Å². The summed E-state index contributed by atoms with van der Waals surface area (Å²) in [5.74, 6) is 0.703. The molecule has 2 heterocycles. The van der Waals surface area contributed by atoms with E-state index in [-0.39, 0.29) is 4.90 Å². The van der Waals surface area contributed by atoms with Crippen molar-refractivity contribution in [2.24, 2.45) is 0 Å². The first-order valence-electron chi connectivity index (χ1n) is 7.75. The quantitative estimate of drug-likeness (QED) is 0.746. The summed E-state index contributed by atoms with van der Waals surface area (Å²) < 4.78 is 31.7. The fourth-order valence-electron chi connectivity index (χ4n) is 2.37. The molecule has 0 bridgehead atoms. The van der Waals surface area contributed by atoms with Gasteiger partial charge in [-0.15, -0.1) is 11.8 Å². The van der Waals surface area contributed by atoms with E-state index in [2.05, 4.69) is 11.1 Å². The molecule has 1 aromatic heterocycles. The molecule has 1 aromatic carbocycles. The van der Waals surface area contributed by atoms with E-state index in [0.717, 1.165) is 10.6 Å². The molecule has 1 saturated heterocycles. The number of benzene rings is 1. The van der Waals surface area contributed by atoms with Gasteiger partial charge < -0.3 is 4.74 Å². The molecule has 0 N–H and O–H groups in total. The molecule has 1 aliphatic rings. The zero-order valence-corrected chi connectivity index (χ0v) is 15.1. The van der Waals surface area contributed by atoms with Crippen LogP contribution in [0.25, 0.3) is 0 Å². The molecule has 0 amide bonds. The number of nitrogens with zero attached hydrogens (tertiary/aromatic N) is 3. The Bertz CT molecular complexity index is 854. The number of hydrogen-bond donors (Lipinski definition) is 0. The predicted molar refractivity (Wildman–Crippen MR) is 94.5 cm³/mol. The second-order valence-corrected chi connectivity index (χ2v) is 8.38. The van der Waals surface area contributed by atoms with Gasteiger partial charge in [-0.2, -0.15) is 9.57 Å². The molecule has 8 heteroatoms. The minimum Gasteiger partial charge on any atom is -0.379 e. The summed E-state index contributed by atoms with van der Waals surface area (Å²) in [5.41, 5.74) is 1.71. The van der Waals surface area contributed by atoms with Gasteiger partial charge in [-0.05, 0) is 29.8 Å². The normalized spacial score (nSPS) is 15.6. The van der Waals surface area contributed by atoms with E-state index in [1.54, 1.807) is 24.3 Å². The average Bonchev–Trinajstić information content (AvgIpc) is 2.68. The minimum absolute atomic E-state index is 0.206. The fourth-order valence-corrected chi connectivity index (χ4v) is 4.53. The highest BCUT2D eigenvalue weighted by Gasteiger charge is 2.26. The van der Waals surface area contributed by atoms with E-state index in [1.807, 2.05) is 12.1 Å². The van der Waals surface area contributed by atoms with E-state index in [1.165, 1.54) is 22.3 Å². The van der Waals surface area contributed by atoms with Crippen LogP contribution in [0.3, 0.4) is 0 Å². The monoisotopic (exact) mass is 375 g/mol. The van der Waals surface area contributed by atoms with Crippen LogP contribution in [0, 0.1) is 11.3 Å². The van der Waals surface area contributed by atoms with E-state index < -0.39 is 10.0 Å². The summed E-state index contributed by atoms with van der Waals surface area (Å²) in [5, 5.41) is 9.55. The Hall–Kier alpha value is -1.92. The Morgan fingerprint density at radius 3 is 2.48 bits per heavy atom. The Morgan fingerprint density at radius 1 is 1.16 bits per heavy atom. The van der Waals surface area contributed by atoms with Crippen molar-refractivity contribution < 1.29 is 13.2 Å². The van der Waals surface area contributed by atoms with Crippen molar-refractivity contribution in [1.29, 1.82) is 5.26 Å². The van der Waals surface area contributed by atoms with Crippen molar-refractivity contribution in [3.8, 4) is 6.07 Å². The van der Waals surface area contributed by atoms with Gasteiger partial charge in [-0.25, -0.2) is 13.4 Å². The van der Waals surface area contributed by atoms with E-state index in [0.29, 0.717) is 37.6 Å². The van der Waals surface area contributed by atoms with Gasteiger partial charge in [0.25, 0.3) is 0 Å². The Labute approximate surface area is 151 Å². The number of sulfonamides is 1. The lowest BCUT2D eigenvalue weighted by Gasteiger charge is -2.25. The number of morpholine rings is 1. The maximum Gasteiger partial charge on any atom is 0.244 e. The lowest BCUT2D eigenvalue weighted by atomic mass is 10.2. The molecule has 0 saturated carbocycles. The Kier molecular flexibility index (Phi) is 5.71. The van der Waals surface area contributed by atoms with Gasteiger partial charge in [-0.1, -0.05) is 12.1 Å². The molecule has 1 fully saturated rings. The smallest absolute Gasteiger partial charge is 0.244 e. The maximum atomic E-state index is 12.5. The summed E-state index contributed by atoms with van der Waals surface area (Å²) in [7, 11) is -3.50. The van der Waals surface area contributed by atoms with Crippen molar-refractivity contribution in [3.63, 3.8) is 0 Å². The van der Waals surface area contributed by atoms with E-state index in [4.69, 9.17) is 10.00 Å². The highest BCUT2D eigenvalue weighted by Crippen LogP contribution is 2.23. The summed E-state index contributed by atoms with van der Waals surface area (Å²) in [4.78, 5) is 4.47. The molecule has 1 aliphatic heterocycles. The van der Waals surface area contributed by atoms with E-state index in [9.17, 15) is 8.42 Å². The first-order chi connectivity index (χ1) is 12.1. The molecule has 130 valence electrons.